The minimum atomic E-state index is 0.883. The summed E-state index contributed by atoms with van der Waals surface area (Å²) < 4.78 is 0. The van der Waals surface area contributed by atoms with Gasteiger partial charge >= 0.3 is 0 Å². The Bertz CT molecular complexity index is 657. The van der Waals surface area contributed by atoms with E-state index in [0.717, 1.165) is 28.0 Å². The van der Waals surface area contributed by atoms with E-state index in [2.05, 4.69) is 37.0 Å². The molecular weight excluding hydrogens is 248 g/mol. The Labute approximate surface area is 120 Å². The summed E-state index contributed by atoms with van der Waals surface area (Å²) in [5, 5.41) is 0. The Hall–Kier alpha value is -1.91. The average molecular weight is 264 g/mol. The first-order chi connectivity index (χ1) is 9.22. The molecule has 0 radical (unpaired) electrons. The van der Waals surface area contributed by atoms with Crippen molar-refractivity contribution in [2.75, 3.05) is 0 Å². The van der Waals surface area contributed by atoms with Gasteiger partial charge in [-0.3, -0.25) is 0 Å². The van der Waals surface area contributed by atoms with Gasteiger partial charge in [0.05, 0.1) is 0 Å². The smallest absolute Gasteiger partial charge is 0.0332 e. The molecule has 0 aliphatic carbocycles. The lowest BCUT2D eigenvalue weighted by Gasteiger charge is -2.02. The largest absolute Gasteiger partial charge is 0.0845 e. The van der Waals surface area contributed by atoms with Gasteiger partial charge in [0, 0.05) is 21.6 Å². The SMILES string of the molecule is CCc1ccccc1C#Cc1ccccc1C(C)=S. The molecule has 0 amide bonds. The van der Waals surface area contributed by atoms with Gasteiger partial charge in [0.15, 0.2) is 0 Å². The van der Waals surface area contributed by atoms with E-state index in [0.29, 0.717) is 0 Å². The molecule has 2 aromatic carbocycles. The van der Waals surface area contributed by atoms with Crippen molar-refractivity contribution >= 4 is 17.1 Å². The third-order valence-electron chi connectivity index (χ3n) is 3.04. The van der Waals surface area contributed by atoms with Crippen molar-refractivity contribution in [2.45, 2.75) is 20.3 Å². The molecule has 0 bridgehead atoms. The van der Waals surface area contributed by atoms with Crippen LogP contribution in [0.3, 0.4) is 0 Å². The fourth-order valence-electron chi connectivity index (χ4n) is 1.98. The maximum atomic E-state index is 5.26. The van der Waals surface area contributed by atoms with Crippen LogP contribution in [0.15, 0.2) is 48.5 Å². The van der Waals surface area contributed by atoms with E-state index >= 15 is 0 Å². The highest BCUT2D eigenvalue weighted by atomic mass is 32.1. The van der Waals surface area contributed by atoms with Gasteiger partial charge in [0.25, 0.3) is 0 Å². The zero-order valence-corrected chi connectivity index (χ0v) is 12.1. The first kappa shape index (κ1) is 13.5. The van der Waals surface area contributed by atoms with Gasteiger partial charge in [-0.05, 0) is 31.0 Å². The molecule has 2 aromatic rings. The lowest BCUT2D eigenvalue weighted by Crippen LogP contribution is -1.94. The lowest BCUT2D eigenvalue weighted by molar-refractivity contribution is 1.13. The second kappa shape index (κ2) is 6.31. The van der Waals surface area contributed by atoms with Gasteiger partial charge in [-0.1, -0.05) is 67.4 Å². The zero-order valence-electron chi connectivity index (χ0n) is 11.2. The Kier molecular flexibility index (Phi) is 4.49. The van der Waals surface area contributed by atoms with Crippen molar-refractivity contribution in [2.24, 2.45) is 0 Å². The molecule has 0 fully saturated rings. The highest BCUT2D eigenvalue weighted by molar-refractivity contribution is 7.80. The molecule has 0 spiro atoms. The Morgan fingerprint density at radius 3 is 2.21 bits per heavy atom. The van der Waals surface area contributed by atoms with Crippen LogP contribution in [0.1, 0.15) is 36.1 Å². The van der Waals surface area contributed by atoms with Crippen molar-refractivity contribution in [1.29, 1.82) is 0 Å². The minimum Gasteiger partial charge on any atom is -0.0845 e. The number of benzene rings is 2. The van der Waals surface area contributed by atoms with Crippen molar-refractivity contribution in [3.05, 3.63) is 70.8 Å². The fourth-order valence-corrected chi connectivity index (χ4v) is 2.16. The molecule has 0 nitrogen and oxygen atoms in total. The van der Waals surface area contributed by atoms with E-state index in [1.54, 1.807) is 0 Å². The molecule has 19 heavy (non-hydrogen) atoms. The fraction of sp³-hybridized carbons (Fsp3) is 0.167. The summed E-state index contributed by atoms with van der Waals surface area (Å²) in [6.45, 7) is 4.09. The van der Waals surface area contributed by atoms with E-state index in [9.17, 15) is 0 Å². The predicted octanol–water partition coefficient (Wildman–Crippen LogP) is 4.39. The first-order valence-corrected chi connectivity index (χ1v) is 6.83. The van der Waals surface area contributed by atoms with Crippen molar-refractivity contribution in [1.82, 2.24) is 0 Å². The average Bonchev–Trinajstić information content (AvgIpc) is 2.45. The van der Waals surface area contributed by atoms with Gasteiger partial charge < -0.3 is 0 Å². The Morgan fingerprint density at radius 2 is 1.53 bits per heavy atom. The number of thiocarbonyl (C=S) groups is 1. The monoisotopic (exact) mass is 264 g/mol. The summed E-state index contributed by atoms with van der Waals surface area (Å²) >= 11 is 5.26. The minimum absolute atomic E-state index is 0.883. The van der Waals surface area contributed by atoms with Crippen LogP contribution in [0, 0.1) is 11.8 Å². The van der Waals surface area contributed by atoms with Crippen LogP contribution in [0.5, 0.6) is 0 Å². The Morgan fingerprint density at radius 1 is 0.947 bits per heavy atom. The predicted molar refractivity (Wildman–Crippen MR) is 85.6 cm³/mol. The first-order valence-electron chi connectivity index (χ1n) is 6.42. The number of rotatable bonds is 2. The lowest BCUT2D eigenvalue weighted by atomic mass is 10.0. The van der Waals surface area contributed by atoms with E-state index in [-0.39, 0.29) is 0 Å². The molecule has 0 N–H and O–H groups in total. The third kappa shape index (κ3) is 3.30. The molecule has 0 unspecified atom stereocenters. The van der Waals surface area contributed by atoms with Crippen LogP contribution in [-0.4, -0.2) is 4.86 Å². The van der Waals surface area contributed by atoms with E-state index in [1.807, 2.05) is 37.3 Å². The molecule has 0 heterocycles. The van der Waals surface area contributed by atoms with Gasteiger partial charge in [-0.25, -0.2) is 0 Å². The summed E-state index contributed by atoms with van der Waals surface area (Å²) in [7, 11) is 0. The third-order valence-corrected chi connectivity index (χ3v) is 3.26. The van der Waals surface area contributed by atoms with Gasteiger partial charge in [0.1, 0.15) is 0 Å². The van der Waals surface area contributed by atoms with Crippen molar-refractivity contribution < 1.29 is 0 Å². The van der Waals surface area contributed by atoms with Crippen LogP contribution in [0.25, 0.3) is 0 Å². The molecule has 1 heteroatoms. The molecule has 0 aliphatic heterocycles. The highest BCUT2D eigenvalue weighted by Gasteiger charge is 2.00. The molecular formula is C18H16S. The van der Waals surface area contributed by atoms with Crippen molar-refractivity contribution in [3.8, 4) is 11.8 Å². The highest BCUT2D eigenvalue weighted by Crippen LogP contribution is 2.11. The van der Waals surface area contributed by atoms with Crippen molar-refractivity contribution in [3.63, 3.8) is 0 Å². The summed E-state index contributed by atoms with van der Waals surface area (Å²) in [6.07, 6.45) is 0.999. The quantitative estimate of drug-likeness (QED) is 0.440. The summed E-state index contributed by atoms with van der Waals surface area (Å²) in [4.78, 5) is 0.883. The molecule has 0 aromatic heterocycles. The van der Waals surface area contributed by atoms with Crippen LogP contribution >= 0.6 is 12.2 Å². The maximum Gasteiger partial charge on any atom is 0.0332 e. The summed E-state index contributed by atoms with van der Waals surface area (Å²) in [5.41, 5.74) is 4.44. The molecule has 0 aliphatic rings. The van der Waals surface area contributed by atoms with Crippen LogP contribution < -0.4 is 0 Å². The van der Waals surface area contributed by atoms with Gasteiger partial charge in [0.2, 0.25) is 0 Å². The topological polar surface area (TPSA) is 0 Å². The zero-order chi connectivity index (χ0) is 13.7. The summed E-state index contributed by atoms with van der Waals surface area (Å²) in [6, 6.07) is 16.3. The number of aryl methyl sites for hydroxylation is 1. The normalized spacial score (nSPS) is 9.58. The Balaban J connectivity index is 2.42. The van der Waals surface area contributed by atoms with Crippen LogP contribution in [0.4, 0.5) is 0 Å². The maximum absolute atomic E-state index is 5.26. The van der Waals surface area contributed by atoms with Crippen LogP contribution in [-0.2, 0) is 6.42 Å². The number of hydrogen-bond acceptors (Lipinski definition) is 1. The standard InChI is InChI=1S/C18H16S/c1-3-15-8-4-5-9-16(15)12-13-17-10-6-7-11-18(17)14(2)19/h4-11H,3H2,1-2H3. The van der Waals surface area contributed by atoms with E-state index in [4.69, 9.17) is 12.2 Å². The number of hydrogen-bond donors (Lipinski definition) is 0. The second-order valence-electron chi connectivity index (χ2n) is 4.36. The van der Waals surface area contributed by atoms with Crippen LogP contribution in [0.2, 0.25) is 0 Å². The molecule has 0 saturated heterocycles. The van der Waals surface area contributed by atoms with E-state index < -0.39 is 0 Å². The summed E-state index contributed by atoms with van der Waals surface area (Å²) in [5.74, 6) is 6.51. The molecule has 0 saturated carbocycles. The molecule has 0 atom stereocenters. The molecule has 2 rings (SSSR count). The second-order valence-corrected chi connectivity index (χ2v) is 4.97. The van der Waals surface area contributed by atoms with Gasteiger partial charge in [-0.15, -0.1) is 0 Å². The van der Waals surface area contributed by atoms with Gasteiger partial charge in [-0.2, -0.15) is 0 Å². The molecule has 94 valence electrons. The van der Waals surface area contributed by atoms with E-state index in [1.165, 1.54) is 5.56 Å².